The summed E-state index contributed by atoms with van der Waals surface area (Å²) in [5.41, 5.74) is 2.35. The molecule has 1 aromatic heterocycles. The molecular weight excluding hydrogens is 200 g/mol. The fraction of sp³-hybridized carbons (Fsp3) is 0.615. The molecule has 1 rings (SSSR count). The van der Waals surface area contributed by atoms with E-state index in [9.17, 15) is 0 Å². The number of hydrogen-bond acceptors (Lipinski definition) is 3. The van der Waals surface area contributed by atoms with Crippen molar-refractivity contribution in [1.29, 1.82) is 0 Å². The third-order valence-corrected chi connectivity index (χ3v) is 2.98. The van der Waals surface area contributed by atoms with Crippen molar-refractivity contribution < 1.29 is 4.74 Å². The van der Waals surface area contributed by atoms with E-state index in [2.05, 4.69) is 36.3 Å². The van der Waals surface area contributed by atoms with E-state index in [-0.39, 0.29) is 0 Å². The third kappa shape index (κ3) is 3.91. The van der Waals surface area contributed by atoms with Gasteiger partial charge in [-0.2, -0.15) is 0 Å². The molecule has 0 fully saturated rings. The molecule has 0 radical (unpaired) electrons. The maximum atomic E-state index is 5.02. The minimum absolute atomic E-state index is 0.430. The van der Waals surface area contributed by atoms with Gasteiger partial charge in [0.25, 0.3) is 0 Å². The summed E-state index contributed by atoms with van der Waals surface area (Å²) in [5.74, 6) is 0.463. The van der Waals surface area contributed by atoms with E-state index in [1.807, 2.05) is 13.1 Å². The first-order chi connectivity index (χ1) is 7.65. The van der Waals surface area contributed by atoms with E-state index in [4.69, 9.17) is 4.74 Å². The number of nitrogens with zero attached hydrogens (tertiary/aromatic N) is 1. The first kappa shape index (κ1) is 13.1. The highest BCUT2D eigenvalue weighted by atomic mass is 16.5. The molecule has 16 heavy (non-hydrogen) atoms. The summed E-state index contributed by atoms with van der Waals surface area (Å²) in [6, 6.07) is 4.65. The van der Waals surface area contributed by atoms with E-state index in [1.54, 1.807) is 7.11 Å². The standard InChI is InChI=1S/C13H22N2O/c1-10-5-6-13(9-15-10)11(2)12(3)14-7-8-16-4/h5-6,9,11-12,14H,7-8H2,1-4H3. The Kier molecular flexibility index (Phi) is 5.43. The average molecular weight is 222 g/mol. The zero-order valence-corrected chi connectivity index (χ0v) is 10.7. The number of aromatic nitrogens is 1. The third-order valence-electron chi connectivity index (χ3n) is 2.98. The number of methoxy groups -OCH3 is 1. The lowest BCUT2D eigenvalue weighted by Gasteiger charge is -2.21. The smallest absolute Gasteiger partial charge is 0.0587 e. The number of pyridine rings is 1. The molecule has 3 heteroatoms. The zero-order valence-electron chi connectivity index (χ0n) is 10.7. The van der Waals surface area contributed by atoms with Crippen LogP contribution in [-0.2, 0) is 4.74 Å². The Bertz CT molecular complexity index is 297. The largest absolute Gasteiger partial charge is 0.383 e. The Morgan fingerprint density at radius 3 is 2.69 bits per heavy atom. The van der Waals surface area contributed by atoms with Gasteiger partial charge in [-0.15, -0.1) is 0 Å². The summed E-state index contributed by atoms with van der Waals surface area (Å²) in [7, 11) is 1.72. The van der Waals surface area contributed by atoms with Gasteiger partial charge in [0.1, 0.15) is 0 Å². The van der Waals surface area contributed by atoms with Gasteiger partial charge in [-0.3, -0.25) is 4.98 Å². The highest BCUT2D eigenvalue weighted by Gasteiger charge is 2.13. The summed E-state index contributed by atoms with van der Waals surface area (Å²) in [6.07, 6.45) is 1.97. The van der Waals surface area contributed by atoms with Crippen LogP contribution in [-0.4, -0.2) is 31.3 Å². The second-order valence-corrected chi connectivity index (χ2v) is 4.26. The molecule has 0 aliphatic heterocycles. The second-order valence-electron chi connectivity index (χ2n) is 4.26. The van der Waals surface area contributed by atoms with Crippen LogP contribution >= 0.6 is 0 Å². The topological polar surface area (TPSA) is 34.1 Å². The predicted molar refractivity (Wildman–Crippen MR) is 66.7 cm³/mol. The normalized spacial score (nSPS) is 14.8. The lowest BCUT2D eigenvalue weighted by atomic mass is 9.96. The molecule has 0 saturated carbocycles. The molecule has 3 nitrogen and oxygen atoms in total. The zero-order chi connectivity index (χ0) is 12.0. The first-order valence-corrected chi connectivity index (χ1v) is 5.80. The molecule has 0 amide bonds. The molecule has 0 aromatic carbocycles. The molecule has 1 heterocycles. The fourth-order valence-corrected chi connectivity index (χ4v) is 1.60. The van der Waals surface area contributed by atoms with Gasteiger partial charge in [-0.1, -0.05) is 13.0 Å². The summed E-state index contributed by atoms with van der Waals surface area (Å²) in [6.45, 7) is 8.07. The lowest BCUT2D eigenvalue weighted by molar-refractivity contribution is 0.195. The molecule has 1 aromatic rings. The number of rotatable bonds is 6. The SMILES string of the molecule is COCCNC(C)C(C)c1ccc(C)nc1. The number of aryl methyl sites for hydroxylation is 1. The van der Waals surface area contributed by atoms with Gasteiger partial charge in [0.2, 0.25) is 0 Å². The van der Waals surface area contributed by atoms with Crippen molar-refractivity contribution in [2.45, 2.75) is 32.7 Å². The Morgan fingerprint density at radius 1 is 1.38 bits per heavy atom. The first-order valence-electron chi connectivity index (χ1n) is 5.80. The van der Waals surface area contributed by atoms with Gasteiger partial charge in [-0.05, 0) is 31.4 Å². The van der Waals surface area contributed by atoms with E-state index < -0.39 is 0 Å². The molecule has 90 valence electrons. The van der Waals surface area contributed by atoms with Gasteiger partial charge in [0, 0.05) is 31.6 Å². The van der Waals surface area contributed by atoms with Crippen LogP contribution in [0.3, 0.4) is 0 Å². The van der Waals surface area contributed by atoms with Crippen molar-refractivity contribution in [2.24, 2.45) is 0 Å². The highest BCUT2D eigenvalue weighted by molar-refractivity contribution is 5.18. The van der Waals surface area contributed by atoms with Crippen molar-refractivity contribution in [1.82, 2.24) is 10.3 Å². The molecule has 0 spiro atoms. The lowest BCUT2D eigenvalue weighted by Crippen LogP contribution is -2.33. The van der Waals surface area contributed by atoms with E-state index in [0.717, 1.165) is 18.8 Å². The van der Waals surface area contributed by atoms with Crippen LogP contribution in [0.25, 0.3) is 0 Å². The highest BCUT2D eigenvalue weighted by Crippen LogP contribution is 2.18. The Labute approximate surface area is 98.2 Å². The Hall–Kier alpha value is -0.930. The minimum atomic E-state index is 0.430. The van der Waals surface area contributed by atoms with Gasteiger partial charge < -0.3 is 10.1 Å². The summed E-state index contributed by atoms with van der Waals surface area (Å²) >= 11 is 0. The van der Waals surface area contributed by atoms with Crippen molar-refractivity contribution in [3.8, 4) is 0 Å². The van der Waals surface area contributed by atoms with Crippen LogP contribution in [0.5, 0.6) is 0 Å². The average Bonchev–Trinajstić information content (AvgIpc) is 2.29. The molecule has 2 atom stereocenters. The number of nitrogens with one attached hydrogen (secondary N) is 1. The molecule has 0 saturated heterocycles. The fourth-order valence-electron chi connectivity index (χ4n) is 1.60. The predicted octanol–water partition coefficient (Wildman–Crippen LogP) is 2.12. The molecule has 2 unspecified atom stereocenters. The van der Waals surface area contributed by atoms with E-state index >= 15 is 0 Å². The Morgan fingerprint density at radius 2 is 2.12 bits per heavy atom. The minimum Gasteiger partial charge on any atom is -0.383 e. The summed E-state index contributed by atoms with van der Waals surface area (Å²) in [4.78, 5) is 4.33. The molecule has 0 aliphatic carbocycles. The van der Waals surface area contributed by atoms with Crippen LogP contribution in [0.1, 0.15) is 31.0 Å². The van der Waals surface area contributed by atoms with Crippen LogP contribution in [0.15, 0.2) is 18.3 Å². The van der Waals surface area contributed by atoms with Crippen LogP contribution in [0, 0.1) is 6.92 Å². The van der Waals surface area contributed by atoms with Gasteiger partial charge >= 0.3 is 0 Å². The van der Waals surface area contributed by atoms with Gasteiger partial charge in [0.05, 0.1) is 6.61 Å². The van der Waals surface area contributed by atoms with Crippen molar-refractivity contribution in [3.05, 3.63) is 29.6 Å². The van der Waals surface area contributed by atoms with Gasteiger partial charge in [-0.25, -0.2) is 0 Å². The maximum absolute atomic E-state index is 5.02. The van der Waals surface area contributed by atoms with Crippen molar-refractivity contribution >= 4 is 0 Å². The quantitative estimate of drug-likeness (QED) is 0.749. The van der Waals surface area contributed by atoms with E-state index in [0.29, 0.717) is 12.0 Å². The number of ether oxygens (including phenoxy) is 1. The monoisotopic (exact) mass is 222 g/mol. The van der Waals surface area contributed by atoms with Crippen LogP contribution in [0.2, 0.25) is 0 Å². The van der Waals surface area contributed by atoms with Crippen molar-refractivity contribution in [2.75, 3.05) is 20.3 Å². The molecule has 1 N–H and O–H groups in total. The van der Waals surface area contributed by atoms with Gasteiger partial charge in [0.15, 0.2) is 0 Å². The second kappa shape index (κ2) is 6.61. The molecule has 0 bridgehead atoms. The maximum Gasteiger partial charge on any atom is 0.0587 e. The summed E-state index contributed by atoms with van der Waals surface area (Å²) < 4.78 is 5.02. The summed E-state index contributed by atoms with van der Waals surface area (Å²) in [5, 5.41) is 3.44. The molecule has 0 aliphatic rings. The molecular formula is C13H22N2O. The van der Waals surface area contributed by atoms with E-state index in [1.165, 1.54) is 5.56 Å². The Balaban J connectivity index is 2.49. The number of hydrogen-bond donors (Lipinski definition) is 1. The van der Waals surface area contributed by atoms with Crippen molar-refractivity contribution in [3.63, 3.8) is 0 Å². The van der Waals surface area contributed by atoms with Crippen LogP contribution in [0.4, 0.5) is 0 Å². The van der Waals surface area contributed by atoms with Crippen LogP contribution < -0.4 is 5.32 Å².